The van der Waals surface area contributed by atoms with Crippen LogP contribution in [0.25, 0.3) is 0 Å². The van der Waals surface area contributed by atoms with Crippen LogP contribution in [-0.2, 0) is 26.0 Å². The quantitative estimate of drug-likeness (QED) is 0.407. The summed E-state index contributed by atoms with van der Waals surface area (Å²) in [5.41, 5.74) is 1.12. The van der Waals surface area contributed by atoms with Gasteiger partial charge in [0.15, 0.2) is 12.4 Å². The molecule has 0 bridgehead atoms. The van der Waals surface area contributed by atoms with E-state index in [1.54, 1.807) is 24.3 Å². The first kappa shape index (κ1) is 23.7. The lowest BCUT2D eigenvalue weighted by Gasteiger charge is -2.25. The highest BCUT2D eigenvalue weighted by atomic mass is 35.5. The normalized spacial score (nSPS) is 14.9. The van der Waals surface area contributed by atoms with Gasteiger partial charge in [-0.3, -0.25) is 9.59 Å². The second-order valence-electron chi connectivity index (χ2n) is 7.32. The fourth-order valence-corrected chi connectivity index (χ4v) is 5.12. The van der Waals surface area contributed by atoms with E-state index in [1.165, 1.54) is 22.5 Å². The van der Waals surface area contributed by atoms with Gasteiger partial charge in [0, 0.05) is 25.1 Å². The largest absolute Gasteiger partial charge is 0.457 e. The molecule has 3 rings (SSSR count). The lowest BCUT2D eigenvalue weighted by atomic mass is 10.1. The average molecular weight is 484 g/mol. The number of Topliss-reactive ketones (excluding diaryl/α,β-unsaturated/α-hetero) is 1. The molecule has 0 radical (unpaired) electrons. The molecule has 166 valence electrons. The third kappa shape index (κ3) is 6.29. The number of carbonyl (C=O) groups excluding carboxylic acids is 2. The molecule has 1 heterocycles. The Morgan fingerprint density at radius 1 is 0.935 bits per heavy atom. The third-order valence-corrected chi connectivity index (χ3v) is 7.75. The number of nitrogens with zero attached hydrogens (tertiary/aromatic N) is 1. The Morgan fingerprint density at radius 3 is 2.26 bits per heavy atom. The summed E-state index contributed by atoms with van der Waals surface area (Å²) in [6.45, 7) is 0.720. The van der Waals surface area contributed by atoms with Gasteiger partial charge >= 0.3 is 5.97 Å². The maximum atomic E-state index is 12.7. The molecule has 1 saturated heterocycles. The summed E-state index contributed by atoms with van der Waals surface area (Å²) in [6, 6.07) is 11.0. The number of carbonyl (C=O) groups is 2. The van der Waals surface area contributed by atoms with Crippen LogP contribution in [-0.4, -0.2) is 44.2 Å². The Morgan fingerprint density at radius 2 is 1.61 bits per heavy atom. The van der Waals surface area contributed by atoms with Crippen LogP contribution in [0.5, 0.6) is 0 Å². The van der Waals surface area contributed by atoms with E-state index in [2.05, 4.69) is 0 Å². The number of sulfonamides is 1. The fourth-order valence-electron chi connectivity index (χ4n) is 3.30. The van der Waals surface area contributed by atoms with Crippen molar-refractivity contribution in [3.63, 3.8) is 0 Å². The summed E-state index contributed by atoms with van der Waals surface area (Å²) in [7, 11) is -3.47. The van der Waals surface area contributed by atoms with Crippen molar-refractivity contribution in [1.82, 2.24) is 4.31 Å². The summed E-state index contributed by atoms with van der Waals surface area (Å²) in [5.74, 6) is -0.891. The van der Waals surface area contributed by atoms with E-state index < -0.39 is 16.0 Å². The van der Waals surface area contributed by atoms with Crippen LogP contribution in [0, 0.1) is 0 Å². The van der Waals surface area contributed by atoms with E-state index in [0.29, 0.717) is 30.1 Å². The van der Waals surface area contributed by atoms with Crippen LogP contribution >= 0.6 is 23.2 Å². The fraction of sp³-hybridized carbons (Fsp3) is 0.364. The van der Waals surface area contributed by atoms with E-state index in [0.717, 1.165) is 24.8 Å². The number of esters is 1. The van der Waals surface area contributed by atoms with Gasteiger partial charge in [-0.1, -0.05) is 41.8 Å². The number of piperidine rings is 1. The molecular weight excluding hydrogens is 461 g/mol. The molecule has 1 fully saturated rings. The highest BCUT2D eigenvalue weighted by Crippen LogP contribution is 2.23. The first-order valence-electron chi connectivity index (χ1n) is 10.0. The van der Waals surface area contributed by atoms with Crippen LogP contribution < -0.4 is 0 Å². The first-order valence-corrected chi connectivity index (χ1v) is 12.2. The smallest absolute Gasteiger partial charge is 0.306 e. The topological polar surface area (TPSA) is 80.8 Å². The van der Waals surface area contributed by atoms with Crippen molar-refractivity contribution in [2.45, 2.75) is 37.0 Å². The van der Waals surface area contributed by atoms with Gasteiger partial charge in [-0.05, 0) is 55.2 Å². The highest BCUT2D eigenvalue weighted by molar-refractivity contribution is 7.89. The van der Waals surface area contributed by atoms with Crippen molar-refractivity contribution < 1.29 is 22.7 Å². The van der Waals surface area contributed by atoms with E-state index >= 15 is 0 Å². The monoisotopic (exact) mass is 483 g/mol. The summed E-state index contributed by atoms with van der Waals surface area (Å²) < 4.78 is 31.9. The van der Waals surface area contributed by atoms with Gasteiger partial charge in [0.25, 0.3) is 0 Å². The van der Waals surface area contributed by atoms with Crippen LogP contribution in [0.15, 0.2) is 47.4 Å². The maximum absolute atomic E-state index is 12.7. The molecule has 0 aromatic heterocycles. The Labute approximate surface area is 192 Å². The minimum Gasteiger partial charge on any atom is -0.457 e. The Bertz CT molecular complexity index is 1050. The molecule has 0 amide bonds. The number of hydrogen-bond acceptors (Lipinski definition) is 5. The zero-order chi connectivity index (χ0) is 22.4. The van der Waals surface area contributed by atoms with Gasteiger partial charge in [0.1, 0.15) is 0 Å². The molecule has 0 unspecified atom stereocenters. The van der Waals surface area contributed by atoms with E-state index in [-0.39, 0.29) is 28.7 Å². The summed E-state index contributed by atoms with van der Waals surface area (Å²) in [5, 5.41) is 0.592. The Balaban J connectivity index is 1.49. The summed E-state index contributed by atoms with van der Waals surface area (Å²) in [4.78, 5) is 24.3. The van der Waals surface area contributed by atoms with Crippen LogP contribution in [0.3, 0.4) is 0 Å². The lowest BCUT2D eigenvalue weighted by molar-refractivity contribution is -0.142. The molecule has 9 heteroatoms. The summed E-state index contributed by atoms with van der Waals surface area (Å²) >= 11 is 11.7. The van der Waals surface area contributed by atoms with Crippen molar-refractivity contribution in [3.05, 3.63) is 63.6 Å². The Kier molecular flexibility index (Phi) is 8.11. The van der Waals surface area contributed by atoms with E-state index in [9.17, 15) is 18.0 Å². The maximum Gasteiger partial charge on any atom is 0.306 e. The molecule has 0 N–H and O–H groups in total. The number of ketones is 1. The van der Waals surface area contributed by atoms with Gasteiger partial charge in [-0.2, -0.15) is 4.31 Å². The molecule has 0 spiro atoms. The zero-order valence-electron chi connectivity index (χ0n) is 16.9. The van der Waals surface area contributed by atoms with Gasteiger partial charge in [-0.15, -0.1) is 0 Å². The van der Waals surface area contributed by atoms with Crippen LogP contribution in [0.1, 0.15) is 41.6 Å². The molecule has 0 aliphatic carbocycles. The minimum atomic E-state index is -3.47. The molecule has 31 heavy (non-hydrogen) atoms. The number of halogens is 2. The lowest BCUT2D eigenvalue weighted by Crippen LogP contribution is -2.35. The van der Waals surface area contributed by atoms with Crippen molar-refractivity contribution in [1.29, 1.82) is 0 Å². The van der Waals surface area contributed by atoms with Crippen LogP contribution in [0.4, 0.5) is 0 Å². The van der Waals surface area contributed by atoms with Crippen molar-refractivity contribution in [2.75, 3.05) is 19.7 Å². The molecular formula is C22H23Cl2NO5S. The van der Waals surface area contributed by atoms with Gasteiger partial charge < -0.3 is 4.74 Å². The molecule has 1 aliphatic heterocycles. The standard InChI is InChI=1S/C22H23Cl2NO5S/c23-19-10-7-17(14-20(19)24)21(26)15-30-22(27)11-6-16-4-8-18(9-5-16)31(28,29)25-12-2-1-3-13-25/h4-5,7-10,14H,1-3,6,11-13,15H2. The average Bonchev–Trinajstić information content (AvgIpc) is 2.78. The molecule has 6 nitrogen and oxygen atoms in total. The number of aryl methyl sites for hydroxylation is 1. The number of hydrogen-bond donors (Lipinski definition) is 0. The Hall–Kier alpha value is -1.93. The zero-order valence-corrected chi connectivity index (χ0v) is 19.2. The SMILES string of the molecule is O=C(CCc1ccc(S(=O)(=O)N2CCCCC2)cc1)OCC(=O)c1ccc(Cl)c(Cl)c1. The van der Waals surface area contributed by atoms with E-state index in [4.69, 9.17) is 27.9 Å². The number of benzene rings is 2. The minimum absolute atomic E-state index is 0.0763. The molecule has 0 atom stereocenters. The van der Waals surface area contributed by atoms with Crippen molar-refractivity contribution >= 4 is 45.0 Å². The molecule has 2 aromatic carbocycles. The number of ether oxygens (including phenoxy) is 1. The van der Waals surface area contributed by atoms with Crippen molar-refractivity contribution in [2.24, 2.45) is 0 Å². The van der Waals surface area contributed by atoms with Gasteiger partial charge in [0.2, 0.25) is 10.0 Å². The number of rotatable bonds is 8. The molecule has 1 aliphatic rings. The van der Waals surface area contributed by atoms with Gasteiger partial charge in [-0.25, -0.2) is 8.42 Å². The van der Waals surface area contributed by atoms with E-state index in [1.807, 2.05) is 0 Å². The molecule has 0 saturated carbocycles. The van der Waals surface area contributed by atoms with Crippen molar-refractivity contribution in [3.8, 4) is 0 Å². The first-order chi connectivity index (χ1) is 14.8. The highest BCUT2D eigenvalue weighted by Gasteiger charge is 2.25. The third-order valence-electron chi connectivity index (χ3n) is 5.10. The van der Waals surface area contributed by atoms with Gasteiger partial charge in [0.05, 0.1) is 14.9 Å². The van der Waals surface area contributed by atoms with Crippen LogP contribution in [0.2, 0.25) is 10.0 Å². The second kappa shape index (κ2) is 10.6. The molecule has 2 aromatic rings. The predicted octanol–water partition coefficient (Wildman–Crippen LogP) is 4.53. The predicted molar refractivity (Wildman–Crippen MR) is 119 cm³/mol. The second-order valence-corrected chi connectivity index (χ2v) is 10.1. The summed E-state index contributed by atoms with van der Waals surface area (Å²) in [6.07, 6.45) is 3.27.